The summed E-state index contributed by atoms with van der Waals surface area (Å²) in [5.41, 5.74) is 3.52. The van der Waals surface area contributed by atoms with Crippen molar-refractivity contribution >= 4 is 11.6 Å². The Morgan fingerprint density at radius 3 is 2.60 bits per heavy atom. The summed E-state index contributed by atoms with van der Waals surface area (Å²) in [5.74, 6) is -1.71. The standard InChI is InChI=1S/C21H26O4/c1-11-6-5-7-15-18(11)12(2)8-13(3)21(15,4)10-14-19(24)16(22)9-17(23)20(14)25/h9,12-13,22,25H,1,5-8,10H2,2-4H3/t12-,13-,21+/m1/s1. The van der Waals surface area contributed by atoms with E-state index in [1.54, 1.807) is 0 Å². The molecule has 0 aromatic rings. The molecule has 3 aliphatic rings. The molecule has 0 aromatic carbocycles. The van der Waals surface area contributed by atoms with Crippen LogP contribution in [0, 0.1) is 17.3 Å². The van der Waals surface area contributed by atoms with E-state index >= 15 is 0 Å². The Labute approximate surface area is 148 Å². The maximum Gasteiger partial charge on any atom is 0.227 e. The molecule has 134 valence electrons. The predicted molar refractivity (Wildman–Crippen MR) is 96.1 cm³/mol. The number of Topliss-reactive ketones (excluding diaryl/α,β-unsaturated/α-hetero) is 1. The van der Waals surface area contributed by atoms with Gasteiger partial charge < -0.3 is 10.2 Å². The van der Waals surface area contributed by atoms with Crippen LogP contribution in [0.4, 0.5) is 0 Å². The Balaban J connectivity index is 2.08. The predicted octanol–water partition coefficient (Wildman–Crippen LogP) is 4.50. The molecule has 4 heteroatoms. The van der Waals surface area contributed by atoms with Crippen molar-refractivity contribution in [2.24, 2.45) is 17.3 Å². The van der Waals surface area contributed by atoms with Crippen molar-refractivity contribution in [2.75, 3.05) is 0 Å². The van der Waals surface area contributed by atoms with E-state index < -0.39 is 23.1 Å². The lowest BCUT2D eigenvalue weighted by Crippen LogP contribution is -2.38. The molecule has 2 N–H and O–H groups in total. The third kappa shape index (κ3) is 2.68. The summed E-state index contributed by atoms with van der Waals surface area (Å²) in [6.07, 6.45) is 5.03. The van der Waals surface area contributed by atoms with E-state index in [0.717, 1.165) is 31.8 Å². The van der Waals surface area contributed by atoms with Crippen LogP contribution in [0.2, 0.25) is 0 Å². The van der Waals surface area contributed by atoms with Crippen LogP contribution in [0.3, 0.4) is 0 Å². The van der Waals surface area contributed by atoms with Gasteiger partial charge in [0, 0.05) is 6.08 Å². The van der Waals surface area contributed by atoms with E-state index in [1.807, 2.05) is 0 Å². The molecule has 0 aromatic heterocycles. The Morgan fingerprint density at radius 2 is 1.92 bits per heavy atom. The van der Waals surface area contributed by atoms with Crippen LogP contribution in [-0.2, 0) is 9.59 Å². The lowest BCUT2D eigenvalue weighted by atomic mass is 9.56. The molecule has 0 bridgehead atoms. The molecule has 4 nitrogen and oxygen atoms in total. The number of hydrogen-bond acceptors (Lipinski definition) is 4. The number of rotatable bonds is 2. The monoisotopic (exact) mass is 342 g/mol. The first-order valence-electron chi connectivity index (χ1n) is 9.00. The van der Waals surface area contributed by atoms with Crippen molar-refractivity contribution in [1.82, 2.24) is 0 Å². The number of carbonyl (C=O) groups is 2. The Bertz CT molecular complexity index is 765. The first-order valence-corrected chi connectivity index (χ1v) is 9.00. The van der Waals surface area contributed by atoms with Gasteiger partial charge in [-0.25, -0.2) is 0 Å². The average molecular weight is 342 g/mol. The molecule has 0 spiro atoms. The van der Waals surface area contributed by atoms with Gasteiger partial charge in [-0.2, -0.15) is 0 Å². The molecule has 0 saturated heterocycles. The zero-order chi connectivity index (χ0) is 18.5. The highest BCUT2D eigenvalue weighted by Crippen LogP contribution is 2.55. The second-order valence-electron chi connectivity index (χ2n) is 8.03. The highest BCUT2D eigenvalue weighted by molar-refractivity contribution is 6.20. The fourth-order valence-corrected chi connectivity index (χ4v) is 4.89. The van der Waals surface area contributed by atoms with E-state index in [9.17, 15) is 19.8 Å². The van der Waals surface area contributed by atoms with Crippen LogP contribution < -0.4 is 0 Å². The molecule has 0 aliphatic heterocycles. The van der Waals surface area contributed by atoms with Gasteiger partial charge in [-0.15, -0.1) is 0 Å². The van der Waals surface area contributed by atoms with Crippen LogP contribution >= 0.6 is 0 Å². The highest BCUT2D eigenvalue weighted by atomic mass is 16.3. The van der Waals surface area contributed by atoms with E-state index in [4.69, 9.17) is 0 Å². The summed E-state index contributed by atoms with van der Waals surface area (Å²) in [4.78, 5) is 24.2. The quantitative estimate of drug-likeness (QED) is 0.725. The van der Waals surface area contributed by atoms with Crippen LogP contribution in [0.15, 0.2) is 46.5 Å². The first kappa shape index (κ1) is 17.7. The molecule has 0 saturated carbocycles. The van der Waals surface area contributed by atoms with E-state index in [-0.39, 0.29) is 17.4 Å². The van der Waals surface area contributed by atoms with Gasteiger partial charge in [0.1, 0.15) is 0 Å². The maximum atomic E-state index is 12.4. The van der Waals surface area contributed by atoms with Gasteiger partial charge in [0.15, 0.2) is 11.5 Å². The van der Waals surface area contributed by atoms with Crippen molar-refractivity contribution in [1.29, 1.82) is 0 Å². The molecular weight excluding hydrogens is 316 g/mol. The number of ketones is 2. The number of aliphatic hydroxyl groups is 2. The molecule has 25 heavy (non-hydrogen) atoms. The van der Waals surface area contributed by atoms with Crippen LogP contribution in [-0.4, -0.2) is 21.8 Å². The number of allylic oxidation sites excluding steroid dienone is 5. The van der Waals surface area contributed by atoms with Crippen molar-refractivity contribution in [3.8, 4) is 0 Å². The largest absolute Gasteiger partial charge is 0.504 e. The molecule has 0 fully saturated rings. The minimum Gasteiger partial charge on any atom is -0.504 e. The molecule has 3 atom stereocenters. The van der Waals surface area contributed by atoms with Crippen LogP contribution in [0.5, 0.6) is 0 Å². The summed E-state index contributed by atoms with van der Waals surface area (Å²) >= 11 is 0. The number of carbonyl (C=O) groups excluding carboxylic acids is 2. The minimum absolute atomic E-state index is 0.0388. The van der Waals surface area contributed by atoms with E-state index in [1.165, 1.54) is 16.7 Å². The van der Waals surface area contributed by atoms with Crippen molar-refractivity contribution in [3.63, 3.8) is 0 Å². The summed E-state index contributed by atoms with van der Waals surface area (Å²) in [6, 6.07) is 0. The third-order valence-electron chi connectivity index (χ3n) is 6.43. The smallest absolute Gasteiger partial charge is 0.227 e. The summed E-state index contributed by atoms with van der Waals surface area (Å²) in [7, 11) is 0. The normalized spacial score (nSPS) is 33.6. The molecule has 3 aliphatic carbocycles. The summed E-state index contributed by atoms with van der Waals surface area (Å²) < 4.78 is 0. The topological polar surface area (TPSA) is 74.6 Å². The van der Waals surface area contributed by atoms with Crippen LogP contribution in [0.1, 0.15) is 52.9 Å². The highest BCUT2D eigenvalue weighted by Gasteiger charge is 2.45. The lowest BCUT2D eigenvalue weighted by Gasteiger charge is -2.48. The molecule has 0 radical (unpaired) electrons. The second-order valence-corrected chi connectivity index (χ2v) is 8.03. The second kappa shape index (κ2) is 6.01. The molecule has 0 amide bonds. The Kier molecular flexibility index (Phi) is 4.26. The Morgan fingerprint density at radius 1 is 1.24 bits per heavy atom. The molecule has 0 heterocycles. The van der Waals surface area contributed by atoms with Crippen LogP contribution in [0.25, 0.3) is 0 Å². The van der Waals surface area contributed by atoms with Crippen molar-refractivity contribution in [2.45, 2.75) is 52.9 Å². The molecule has 0 unspecified atom stereocenters. The van der Waals surface area contributed by atoms with Gasteiger partial charge >= 0.3 is 0 Å². The zero-order valence-corrected chi connectivity index (χ0v) is 15.2. The van der Waals surface area contributed by atoms with Gasteiger partial charge in [0.25, 0.3) is 0 Å². The Hall–Kier alpha value is -2.10. The van der Waals surface area contributed by atoms with Crippen molar-refractivity contribution < 1.29 is 19.8 Å². The first-order chi connectivity index (χ1) is 11.7. The van der Waals surface area contributed by atoms with Gasteiger partial charge in [0.2, 0.25) is 11.6 Å². The van der Waals surface area contributed by atoms with Gasteiger partial charge in [-0.1, -0.05) is 38.5 Å². The minimum atomic E-state index is -0.699. The number of aliphatic hydroxyl groups excluding tert-OH is 2. The fraction of sp³-hybridized carbons (Fsp3) is 0.524. The lowest BCUT2D eigenvalue weighted by molar-refractivity contribution is -0.119. The SMILES string of the molecule is C=C1CCCC2=C1[C@H](C)C[C@@H](C)[C@]2(C)CC1=C(O)C(=O)C=C(O)C1=O. The summed E-state index contributed by atoms with van der Waals surface area (Å²) in [6.45, 7) is 10.8. The molecule has 3 rings (SSSR count). The van der Waals surface area contributed by atoms with Crippen molar-refractivity contribution in [3.05, 3.63) is 46.5 Å². The summed E-state index contributed by atoms with van der Waals surface area (Å²) in [5, 5.41) is 19.9. The van der Waals surface area contributed by atoms with Gasteiger partial charge in [0.05, 0.1) is 5.57 Å². The fourth-order valence-electron chi connectivity index (χ4n) is 4.89. The van der Waals surface area contributed by atoms with E-state index in [2.05, 4.69) is 27.4 Å². The van der Waals surface area contributed by atoms with Gasteiger partial charge in [-0.3, -0.25) is 9.59 Å². The van der Waals surface area contributed by atoms with Gasteiger partial charge in [-0.05, 0) is 54.9 Å². The third-order valence-corrected chi connectivity index (χ3v) is 6.43. The molecular formula is C21H26O4. The average Bonchev–Trinajstić information content (AvgIpc) is 2.55. The number of hydrogen-bond donors (Lipinski definition) is 2. The maximum absolute atomic E-state index is 12.4. The zero-order valence-electron chi connectivity index (χ0n) is 15.2. The van der Waals surface area contributed by atoms with E-state index in [0.29, 0.717) is 11.8 Å².